The fourth-order valence-electron chi connectivity index (χ4n) is 1.45. The SMILES string of the molecule is CCOCCN(CC)c1cc(OC)nc(N)n1. The molecule has 0 unspecified atom stereocenters. The number of likely N-dealkylation sites (N-methyl/N-ethyl adjacent to an activating group) is 1. The maximum absolute atomic E-state index is 5.62. The Morgan fingerprint density at radius 2 is 2.12 bits per heavy atom. The molecule has 0 radical (unpaired) electrons. The molecule has 0 atom stereocenters. The molecule has 96 valence electrons. The highest BCUT2D eigenvalue weighted by Gasteiger charge is 2.09. The van der Waals surface area contributed by atoms with Crippen LogP contribution in [0.15, 0.2) is 6.07 Å². The Labute approximate surface area is 102 Å². The smallest absolute Gasteiger partial charge is 0.225 e. The predicted molar refractivity (Wildman–Crippen MR) is 67.4 cm³/mol. The lowest BCUT2D eigenvalue weighted by molar-refractivity contribution is 0.154. The minimum Gasteiger partial charge on any atom is -0.481 e. The van der Waals surface area contributed by atoms with E-state index in [2.05, 4.69) is 21.8 Å². The van der Waals surface area contributed by atoms with Crippen molar-refractivity contribution >= 4 is 11.8 Å². The summed E-state index contributed by atoms with van der Waals surface area (Å²) in [4.78, 5) is 10.2. The number of nitrogen functional groups attached to an aromatic ring is 1. The quantitative estimate of drug-likeness (QED) is 0.715. The van der Waals surface area contributed by atoms with Crippen molar-refractivity contribution in [1.29, 1.82) is 0 Å². The first-order valence-corrected chi connectivity index (χ1v) is 5.72. The van der Waals surface area contributed by atoms with Gasteiger partial charge in [-0.25, -0.2) is 0 Å². The van der Waals surface area contributed by atoms with E-state index >= 15 is 0 Å². The minimum atomic E-state index is 0.217. The molecule has 1 heterocycles. The van der Waals surface area contributed by atoms with Crippen LogP contribution in [-0.4, -0.2) is 43.4 Å². The first-order chi connectivity index (χ1) is 8.21. The molecule has 0 fully saturated rings. The van der Waals surface area contributed by atoms with Crippen molar-refractivity contribution in [3.8, 4) is 5.88 Å². The number of nitrogens with two attached hydrogens (primary N) is 1. The molecule has 0 saturated carbocycles. The van der Waals surface area contributed by atoms with E-state index in [0.29, 0.717) is 19.1 Å². The number of ether oxygens (including phenoxy) is 2. The first-order valence-electron chi connectivity index (χ1n) is 5.72. The van der Waals surface area contributed by atoms with Crippen LogP contribution in [0.3, 0.4) is 0 Å². The highest BCUT2D eigenvalue weighted by molar-refractivity contribution is 5.45. The number of nitrogens with zero attached hydrogens (tertiary/aromatic N) is 3. The van der Waals surface area contributed by atoms with Gasteiger partial charge < -0.3 is 20.1 Å². The van der Waals surface area contributed by atoms with Gasteiger partial charge in [-0.05, 0) is 13.8 Å². The average Bonchev–Trinajstić information content (AvgIpc) is 2.34. The van der Waals surface area contributed by atoms with Crippen molar-refractivity contribution in [3.05, 3.63) is 6.07 Å². The predicted octanol–water partition coefficient (Wildman–Crippen LogP) is 0.930. The van der Waals surface area contributed by atoms with Gasteiger partial charge in [-0.2, -0.15) is 9.97 Å². The Hall–Kier alpha value is -1.56. The largest absolute Gasteiger partial charge is 0.481 e. The maximum Gasteiger partial charge on any atom is 0.225 e. The summed E-state index contributed by atoms with van der Waals surface area (Å²) >= 11 is 0. The summed E-state index contributed by atoms with van der Waals surface area (Å²) in [7, 11) is 1.56. The van der Waals surface area contributed by atoms with E-state index in [9.17, 15) is 0 Å². The molecule has 1 rings (SSSR count). The van der Waals surface area contributed by atoms with E-state index in [1.807, 2.05) is 6.92 Å². The third kappa shape index (κ3) is 4.07. The monoisotopic (exact) mass is 240 g/mol. The summed E-state index contributed by atoms with van der Waals surface area (Å²) < 4.78 is 10.4. The highest BCUT2D eigenvalue weighted by atomic mass is 16.5. The maximum atomic E-state index is 5.62. The molecule has 0 amide bonds. The van der Waals surface area contributed by atoms with Crippen LogP contribution >= 0.6 is 0 Å². The van der Waals surface area contributed by atoms with Gasteiger partial charge in [0.15, 0.2) is 0 Å². The van der Waals surface area contributed by atoms with Gasteiger partial charge in [-0.3, -0.25) is 0 Å². The van der Waals surface area contributed by atoms with Crippen molar-refractivity contribution in [2.24, 2.45) is 0 Å². The van der Waals surface area contributed by atoms with Gasteiger partial charge in [0.2, 0.25) is 11.8 Å². The van der Waals surface area contributed by atoms with Crippen molar-refractivity contribution < 1.29 is 9.47 Å². The summed E-state index contributed by atoms with van der Waals surface area (Å²) in [6.45, 7) is 7.00. The van der Waals surface area contributed by atoms with Gasteiger partial charge in [-0.15, -0.1) is 0 Å². The third-order valence-corrected chi connectivity index (χ3v) is 2.33. The Bertz CT molecular complexity index is 346. The van der Waals surface area contributed by atoms with Gasteiger partial charge in [0.25, 0.3) is 0 Å². The van der Waals surface area contributed by atoms with Crippen molar-refractivity contribution in [1.82, 2.24) is 9.97 Å². The number of anilines is 2. The average molecular weight is 240 g/mol. The van der Waals surface area contributed by atoms with E-state index in [4.69, 9.17) is 15.2 Å². The van der Waals surface area contributed by atoms with Crippen LogP contribution in [0.5, 0.6) is 5.88 Å². The van der Waals surface area contributed by atoms with Crippen LogP contribution < -0.4 is 15.4 Å². The van der Waals surface area contributed by atoms with Crippen LogP contribution in [0.4, 0.5) is 11.8 Å². The number of rotatable bonds is 7. The second kappa shape index (κ2) is 6.90. The molecular weight excluding hydrogens is 220 g/mol. The molecule has 0 saturated heterocycles. The summed E-state index contributed by atoms with van der Waals surface area (Å²) in [5.41, 5.74) is 5.62. The van der Waals surface area contributed by atoms with Crippen LogP contribution in [0.2, 0.25) is 0 Å². The molecule has 6 heteroatoms. The van der Waals surface area contributed by atoms with Gasteiger partial charge >= 0.3 is 0 Å². The van der Waals surface area contributed by atoms with Crippen LogP contribution in [0.25, 0.3) is 0 Å². The van der Waals surface area contributed by atoms with Gasteiger partial charge in [0.1, 0.15) is 5.82 Å². The Kier molecular flexibility index (Phi) is 5.48. The molecule has 0 bridgehead atoms. The number of methoxy groups -OCH3 is 1. The lowest BCUT2D eigenvalue weighted by Gasteiger charge is -2.22. The van der Waals surface area contributed by atoms with E-state index in [-0.39, 0.29) is 5.95 Å². The second-order valence-corrected chi connectivity index (χ2v) is 3.40. The molecule has 1 aromatic rings. The van der Waals surface area contributed by atoms with Gasteiger partial charge in [-0.1, -0.05) is 0 Å². The highest BCUT2D eigenvalue weighted by Crippen LogP contribution is 2.17. The normalized spacial score (nSPS) is 10.3. The Balaban J connectivity index is 2.76. The van der Waals surface area contributed by atoms with E-state index in [1.165, 1.54) is 0 Å². The second-order valence-electron chi connectivity index (χ2n) is 3.40. The fraction of sp³-hybridized carbons (Fsp3) is 0.636. The molecule has 0 aliphatic rings. The zero-order valence-corrected chi connectivity index (χ0v) is 10.6. The van der Waals surface area contributed by atoms with Crippen LogP contribution in [0, 0.1) is 0 Å². The molecule has 0 spiro atoms. The summed E-state index contributed by atoms with van der Waals surface area (Å²) in [5.74, 6) is 1.45. The molecule has 17 heavy (non-hydrogen) atoms. The van der Waals surface area contributed by atoms with Crippen molar-refractivity contribution in [2.75, 3.05) is 44.0 Å². The Morgan fingerprint density at radius 3 is 2.71 bits per heavy atom. The summed E-state index contributed by atoms with van der Waals surface area (Å²) in [6.07, 6.45) is 0. The molecule has 2 N–H and O–H groups in total. The van der Waals surface area contributed by atoms with E-state index in [1.54, 1.807) is 13.2 Å². The van der Waals surface area contributed by atoms with Crippen LogP contribution in [-0.2, 0) is 4.74 Å². The van der Waals surface area contributed by atoms with Gasteiger partial charge in [0.05, 0.1) is 13.7 Å². The summed E-state index contributed by atoms with van der Waals surface area (Å²) in [6, 6.07) is 1.77. The number of hydrogen-bond donors (Lipinski definition) is 1. The zero-order chi connectivity index (χ0) is 12.7. The summed E-state index contributed by atoms with van der Waals surface area (Å²) in [5, 5.41) is 0. The standard InChI is InChI=1S/C11H20N4O2/c1-4-15(6-7-17-5-2)9-8-10(16-3)14-11(12)13-9/h8H,4-7H2,1-3H3,(H2,12,13,14). The molecule has 0 aliphatic carbocycles. The lowest BCUT2D eigenvalue weighted by atomic mass is 10.4. The van der Waals surface area contributed by atoms with E-state index in [0.717, 1.165) is 18.9 Å². The molecular formula is C11H20N4O2. The first kappa shape index (κ1) is 13.5. The molecule has 0 aliphatic heterocycles. The zero-order valence-electron chi connectivity index (χ0n) is 10.6. The Morgan fingerprint density at radius 1 is 1.35 bits per heavy atom. The minimum absolute atomic E-state index is 0.217. The molecule has 1 aromatic heterocycles. The third-order valence-electron chi connectivity index (χ3n) is 2.33. The van der Waals surface area contributed by atoms with Crippen molar-refractivity contribution in [3.63, 3.8) is 0 Å². The lowest BCUT2D eigenvalue weighted by Crippen LogP contribution is -2.28. The number of hydrogen-bond acceptors (Lipinski definition) is 6. The van der Waals surface area contributed by atoms with E-state index < -0.39 is 0 Å². The van der Waals surface area contributed by atoms with Crippen molar-refractivity contribution in [2.45, 2.75) is 13.8 Å². The van der Waals surface area contributed by atoms with Crippen LogP contribution in [0.1, 0.15) is 13.8 Å². The van der Waals surface area contributed by atoms with Gasteiger partial charge in [0, 0.05) is 25.8 Å². The number of aromatic nitrogens is 2. The topological polar surface area (TPSA) is 73.5 Å². The molecule has 0 aromatic carbocycles. The fourth-order valence-corrected chi connectivity index (χ4v) is 1.45. The molecule has 6 nitrogen and oxygen atoms in total.